The Balaban J connectivity index is 1.34. The Labute approximate surface area is 254 Å². The van der Waals surface area contributed by atoms with Crippen molar-refractivity contribution in [2.45, 2.75) is 0 Å². The molecule has 0 saturated heterocycles. The van der Waals surface area contributed by atoms with E-state index in [1.54, 1.807) is 0 Å². The van der Waals surface area contributed by atoms with Crippen molar-refractivity contribution < 1.29 is 9.90 Å². The van der Waals surface area contributed by atoms with Crippen LogP contribution in [-0.2, 0) is 0 Å². The summed E-state index contributed by atoms with van der Waals surface area (Å²) in [6, 6.07) is 44.0. The molecule has 0 aliphatic rings. The van der Waals surface area contributed by atoms with Crippen molar-refractivity contribution in [3.63, 3.8) is 0 Å². The summed E-state index contributed by atoms with van der Waals surface area (Å²) in [6.45, 7) is 0. The van der Waals surface area contributed by atoms with Gasteiger partial charge in [-0.2, -0.15) is 0 Å². The van der Waals surface area contributed by atoms with Crippen LogP contribution in [0.2, 0.25) is 0 Å². The molecule has 0 atom stereocenters. The molecule has 0 spiro atoms. The summed E-state index contributed by atoms with van der Waals surface area (Å²) in [7, 11) is 0. The summed E-state index contributed by atoms with van der Waals surface area (Å²) in [5.74, 6) is 0. The van der Waals surface area contributed by atoms with Crippen molar-refractivity contribution in [2.24, 2.45) is 0 Å². The molecule has 9 rings (SSSR count). The van der Waals surface area contributed by atoms with Crippen LogP contribution in [0.15, 0.2) is 162 Å². The smallest absolute Gasteiger partial charge is 0.136 e. The summed E-state index contributed by atoms with van der Waals surface area (Å²) in [5.41, 5.74) is 5.66. The number of rotatable bonds is 3. The second-order valence-corrected chi connectivity index (χ2v) is 10.9. The van der Waals surface area contributed by atoms with Crippen molar-refractivity contribution >= 4 is 54.3 Å². The maximum Gasteiger partial charge on any atom is 0.136 e. The third-order valence-corrected chi connectivity index (χ3v) is 8.52. The fourth-order valence-corrected chi connectivity index (χ4v) is 6.60. The molecule has 1 heterocycles. The molecule has 0 N–H and O–H groups in total. The molecule has 0 fully saturated rings. The van der Waals surface area contributed by atoms with Crippen molar-refractivity contribution in [2.75, 3.05) is 0 Å². The molecule has 1 heteroatoms. The lowest BCUT2D eigenvalue weighted by molar-refractivity contribution is 0.669. The van der Waals surface area contributed by atoms with Crippen molar-refractivity contribution in [3.05, 3.63) is 158 Å². The zero-order valence-corrected chi connectivity index (χ0v) is 23.1. The first-order chi connectivity index (χ1) is 23.0. The quantitative estimate of drug-likeness (QED) is 0.199. The predicted octanol–water partition coefficient (Wildman–Crippen LogP) is 12.0. The molecule has 0 unspecified atom stereocenters. The molecule has 0 aliphatic carbocycles. The zero-order valence-electron chi connectivity index (χ0n) is 27.1. The van der Waals surface area contributed by atoms with Gasteiger partial charge in [-0.05, 0) is 83.9 Å². The van der Waals surface area contributed by atoms with Crippen LogP contribution in [0, 0.1) is 0 Å². The van der Waals surface area contributed by atoms with Crippen LogP contribution < -0.4 is 0 Å². The Hall–Kier alpha value is -5.66. The Morgan fingerprint density at radius 2 is 0.930 bits per heavy atom. The first kappa shape index (κ1) is 20.3. The number of hydrogen-bond donors (Lipinski definition) is 0. The first-order valence-corrected chi connectivity index (χ1v) is 14.4. The molecule has 8 aromatic carbocycles. The van der Waals surface area contributed by atoms with Gasteiger partial charge < -0.3 is 4.42 Å². The maximum atomic E-state index is 9.23. The number of benzene rings is 8. The fraction of sp³-hybridized carbons (Fsp3) is 0. The molecule has 0 amide bonds. The molecule has 0 saturated carbocycles. The van der Waals surface area contributed by atoms with Gasteiger partial charge in [0, 0.05) is 10.8 Å². The molecule has 200 valence electrons. The van der Waals surface area contributed by atoms with Gasteiger partial charge >= 0.3 is 0 Å². The molecule has 0 bridgehead atoms. The van der Waals surface area contributed by atoms with Crippen molar-refractivity contribution in [1.82, 2.24) is 0 Å². The summed E-state index contributed by atoms with van der Waals surface area (Å²) in [5, 5.41) is 8.16. The van der Waals surface area contributed by atoms with Gasteiger partial charge in [0.2, 0.25) is 0 Å². The average molecular weight is 551 g/mol. The number of hydrogen-bond acceptors (Lipinski definition) is 1. The van der Waals surface area contributed by atoms with E-state index in [-0.39, 0.29) is 24.2 Å². The summed E-state index contributed by atoms with van der Waals surface area (Å²) >= 11 is 0. The number of fused-ring (bicyclic) bond motifs is 7. The lowest BCUT2D eigenvalue weighted by atomic mass is 9.85. The normalized spacial score (nSPS) is 13.0. The van der Waals surface area contributed by atoms with E-state index in [9.17, 15) is 2.74 Å². The summed E-state index contributed by atoms with van der Waals surface area (Å²) in [4.78, 5) is 0. The van der Waals surface area contributed by atoms with Gasteiger partial charge in [-0.25, -0.2) is 0 Å². The van der Waals surface area contributed by atoms with Crippen molar-refractivity contribution in [3.8, 4) is 33.4 Å². The predicted molar refractivity (Wildman–Crippen MR) is 183 cm³/mol. The summed E-state index contributed by atoms with van der Waals surface area (Å²) in [6.07, 6.45) is 0. The van der Waals surface area contributed by atoms with E-state index in [4.69, 9.17) is 7.16 Å². The lowest BCUT2D eigenvalue weighted by Crippen LogP contribution is -1.91. The monoisotopic (exact) mass is 550 g/mol. The molecular weight excluding hydrogens is 520 g/mol. The van der Waals surface area contributed by atoms with Crippen LogP contribution >= 0.6 is 0 Å². The van der Waals surface area contributed by atoms with E-state index in [0.717, 1.165) is 60.0 Å². The molecule has 43 heavy (non-hydrogen) atoms. The minimum atomic E-state index is -0.0520. The van der Waals surface area contributed by atoms with Crippen LogP contribution in [0.5, 0.6) is 0 Å². The van der Waals surface area contributed by atoms with Crippen LogP contribution in [0.1, 0.15) is 5.48 Å². The molecule has 0 radical (unpaired) electrons. The van der Waals surface area contributed by atoms with Crippen molar-refractivity contribution in [1.29, 1.82) is 0 Å². The molecule has 1 aromatic heterocycles. The van der Waals surface area contributed by atoms with E-state index >= 15 is 0 Å². The Bertz CT molecular complexity index is 2640. The third kappa shape index (κ3) is 3.72. The van der Waals surface area contributed by atoms with Crippen LogP contribution in [-0.4, -0.2) is 0 Å². The Morgan fingerprint density at radius 1 is 0.372 bits per heavy atom. The molecule has 0 aliphatic heterocycles. The molecular formula is C42H26O. The highest BCUT2D eigenvalue weighted by Gasteiger charge is 2.18. The van der Waals surface area contributed by atoms with E-state index < -0.39 is 0 Å². The van der Waals surface area contributed by atoms with Crippen LogP contribution in [0.25, 0.3) is 87.6 Å². The van der Waals surface area contributed by atoms with E-state index in [1.807, 2.05) is 72.8 Å². The van der Waals surface area contributed by atoms with E-state index in [1.165, 1.54) is 5.39 Å². The van der Waals surface area contributed by atoms with Crippen LogP contribution in [0.4, 0.5) is 0 Å². The highest BCUT2D eigenvalue weighted by Crippen LogP contribution is 2.45. The van der Waals surface area contributed by atoms with E-state index in [2.05, 4.69) is 60.7 Å². The SMILES string of the molecule is [2H]c1c([2H])c(-c2c3ccccc3c(-c3ccc4c(c3)oc3ccc5ccccc5c34)c3ccccc23)c([2H])c([2H])c1-c1ccccc1. The van der Waals surface area contributed by atoms with Gasteiger partial charge in [0.15, 0.2) is 0 Å². The van der Waals surface area contributed by atoms with Gasteiger partial charge in [-0.15, -0.1) is 0 Å². The van der Waals surface area contributed by atoms with Gasteiger partial charge in [0.25, 0.3) is 0 Å². The molecule has 9 aromatic rings. The minimum Gasteiger partial charge on any atom is -0.456 e. The second kappa shape index (κ2) is 9.44. The van der Waals surface area contributed by atoms with Gasteiger partial charge in [-0.1, -0.05) is 139 Å². The third-order valence-electron chi connectivity index (χ3n) is 8.52. The zero-order chi connectivity index (χ0) is 31.8. The first-order valence-electron chi connectivity index (χ1n) is 16.4. The van der Waals surface area contributed by atoms with Gasteiger partial charge in [0.1, 0.15) is 11.2 Å². The van der Waals surface area contributed by atoms with Gasteiger partial charge in [-0.3, -0.25) is 0 Å². The highest BCUT2D eigenvalue weighted by molar-refractivity contribution is 6.23. The fourth-order valence-electron chi connectivity index (χ4n) is 6.60. The Kier molecular flexibility index (Phi) is 4.45. The summed E-state index contributed by atoms with van der Waals surface area (Å²) < 4.78 is 43.0. The highest BCUT2D eigenvalue weighted by atomic mass is 16.3. The minimum absolute atomic E-state index is 0.0488. The van der Waals surface area contributed by atoms with Crippen LogP contribution in [0.3, 0.4) is 0 Å². The van der Waals surface area contributed by atoms with Gasteiger partial charge in [0.05, 0.1) is 5.48 Å². The van der Waals surface area contributed by atoms with E-state index in [0.29, 0.717) is 22.3 Å². The standard InChI is InChI=1S/C42H26O/c1-2-10-27(11-3-1)28-18-20-30(21-19-28)40-33-14-6-8-16-35(33)41(36-17-9-7-15-34(36)40)31-22-24-37-39(26-31)43-38-25-23-29-12-4-5-13-32(29)42(37)38/h1-26H/i18D,19D,20D,21D. The largest absolute Gasteiger partial charge is 0.456 e. The second-order valence-electron chi connectivity index (χ2n) is 10.9. The topological polar surface area (TPSA) is 13.1 Å². The number of furan rings is 1. The lowest BCUT2D eigenvalue weighted by Gasteiger charge is -2.18. The molecule has 1 nitrogen and oxygen atoms in total. The average Bonchev–Trinajstić information content (AvgIpc) is 3.49. The Morgan fingerprint density at radius 3 is 1.60 bits per heavy atom. The maximum absolute atomic E-state index is 9.23.